The second kappa shape index (κ2) is 5.11. The maximum atomic E-state index is 4.21. The van der Waals surface area contributed by atoms with Crippen LogP contribution in [0.25, 0.3) is 11.4 Å². The lowest BCUT2D eigenvalue weighted by atomic mass is 10.2. The molecule has 0 spiro atoms. The highest BCUT2D eigenvalue weighted by atomic mass is 28.3. The number of hydrogen-bond donors (Lipinski definition) is 0. The van der Waals surface area contributed by atoms with Gasteiger partial charge in [-0.1, -0.05) is 25.6 Å². The summed E-state index contributed by atoms with van der Waals surface area (Å²) in [5.74, 6) is 3.87. The Labute approximate surface area is 108 Å². The average Bonchev–Trinajstić information content (AvgIpc) is 2.37. The van der Waals surface area contributed by atoms with Gasteiger partial charge in [-0.05, 0) is 12.1 Å². The molecule has 18 heavy (non-hydrogen) atoms. The third-order valence-electron chi connectivity index (χ3n) is 2.14. The van der Waals surface area contributed by atoms with Crippen LogP contribution in [-0.2, 0) is 0 Å². The molecule has 3 nitrogen and oxygen atoms in total. The summed E-state index contributed by atoms with van der Waals surface area (Å²) in [5, 5.41) is 0. The highest BCUT2D eigenvalue weighted by molar-refractivity contribution is 6.83. The van der Waals surface area contributed by atoms with E-state index in [4.69, 9.17) is 0 Å². The first kappa shape index (κ1) is 12.5. The average molecular weight is 253 g/mol. The highest BCUT2D eigenvalue weighted by Gasteiger charge is 2.07. The van der Waals surface area contributed by atoms with Crippen LogP contribution in [0.2, 0.25) is 19.6 Å². The zero-order valence-electron chi connectivity index (χ0n) is 10.8. The lowest BCUT2D eigenvalue weighted by Crippen LogP contribution is -2.16. The van der Waals surface area contributed by atoms with E-state index in [1.165, 1.54) is 0 Å². The molecular formula is C14H15N3Si. The molecule has 0 radical (unpaired) electrons. The topological polar surface area (TPSA) is 38.7 Å². The van der Waals surface area contributed by atoms with Gasteiger partial charge in [0.2, 0.25) is 0 Å². The van der Waals surface area contributed by atoms with Crippen molar-refractivity contribution in [3.05, 3.63) is 42.5 Å². The van der Waals surface area contributed by atoms with E-state index in [-0.39, 0.29) is 0 Å². The van der Waals surface area contributed by atoms with E-state index in [1.807, 2.05) is 6.07 Å². The van der Waals surface area contributed by atoms with Crippen molar-refractivity contribution in [2.45, 2.75) is 19.6 Å². The van der Waals surface area contributed by atoms with Crippen LogP contribution in [0.4, 0.5) is 0 Å². The summed E-state index contributed by atoms with van der Waals surface area (Å²) < 4.78 is 0. The zero-order chi connectivity index (χ0) is 13.0. The van der Waals surface area contributed by atoms with Crippen molar-refractivity contribution in [3.63, 3.8) is 0 Å². The summed E-state index contributed by atoms with van der Waals surface area (Å²) in [7, 11) is -1.36. The van der Waals surface area contributed by atoms with Gasteiger partial charge >= 0.3 is 0 Å². The standard InChI is InChI=1S/C14H15N3Si/c1-18(2,3)8-5-12-9-13(11-15-10-12)14-16-6-4-7-17-14/h4,6-7,9-11H,1-3H3. The summed E-state index contributed by atoms with van der Waals surface area (Å²) in [6.07, 6.45) is 6.99. The maximum Gasteiger partial charge on any atom is 0.160 e. The molecule has 0 fully saturated rings. The quantitative estimate of drug-likeness (QED) is 0.579. The van der Waals surface area contributed by atoms with Gasteiger partial charge in [0.05, 0.1) is 0 Å². The van der Waals surface area contributed by atoms with E-state index in [1.54, 1.807) is 30.9 Å². The molecule has 0 saturated carbocycles. The molecule has 0 N–H and O–H groups in total. The molecule has 0 unspecified atom stereocenters. The van der Waals surface area contributed by atoms with Crippen LogP contribution in [0.15, 0.2) is 36.9 Å². The fourth-order valence-electron chi connectivity index (χ4n) is 1.34. The van der Waals surface area contributed by atoms with E-state index >= 15 is 0 Å². The fraction of sp³-hybridized carbons (Fsp3) is 0.214. The van der Waals surface area contributed by atoms with Crippen LogP contribution in [-0.4, -0.2) is 23.0 Å². The van der Waals surface area contributed by atoms with Crippen LogP contribution in [0, 0.1) is 11.5 Å². The van der Waals surface area contributed by atoms with Gasteiger partial charge in [0.1, 0.15) is 8.07 Å². The summed E-state index contributed by atoms with van der Waals surface area (Å²) in [5.41, 5.74) is 5.14. The van der Waals surface area contributed by atoms with E-state index in [0.717, 1.165) is 11.1 Å². The minimum atomic E-state index is -1.36. The van der Waals surface area contributed by atoms with Gasteiger partial charge in [0.15, 0.2) is 5.82 Å². The van der Waals surface area contributed by atoms with Gasteiger partial charge in [0, 0.05) is 35.9 Å². The number of rotatable bonds is 1. The predicted molar refractivity (Wildman–Crippen MR) is 75.5 cm³/mol. The van der Waals surface area contributed by atoms with Crippen LogP contribution in [0.1, 0.15) is 5.56 Å². The third kappa shape index (κ3) is 3.50. The number of aromatic nitrogens is 3. The van der Waals surface area contributed by atoms with Crippen molar-refractivity contribution in [1.82, 2.24) is 15.0 Å². The molecule has 0 atom stereocenters. The Hall–Kier alpha value is -1.99. The second-order valence-electron chi connectivity index (χ2n) is 5.03. The van der Waals surface area contributed by atoms with Gasteiger partial charge in [0.25, 0.3) is 0 Å². The van der Waals surface area contributed by atoms with Crippen molar-refractivity contribution < 1.29 is 0 Å². The molecule has 0 aliphatic heterocycles. The lowest BCUT2D eigenvalue weighted by Gasteiger charge is -2.03. The summed E-state index contributed by atoms with van der Waals surface area (Å²) in [6.45, 7) is 6.66. The fourth-order valence-corrected chi connectivity index (χ4v) is 1.86. The number of nitrogens with zero attached hydrogens (tertiary/aromatic N) is 3. The first-order chi connectivity index (χ1) is 8.54. The number of hydrogen-bond acceptors (Lipinski definition) is 3. The van der Waals surface area contributed by atoms with Crippen LogP contribution in [0.5, 0.6) is 0 Å². The molecule has 2 aromatic rings. The molecule has 0 bridgehead atoms. The Morgan fingerprint density at radius 1 is 1.06 bits per heavy atom. The molecule has 0 amide bonds. The van der Waals surface area contributed by atoms with Crippen molar-refractivity contribution >= 4 is 8.07 Å². The Bertz CT molecular complexity index is 592. The largest absolute Gasteiger partial charge is 0.263 e. The minimum absolute atomic E-state index is 0.682. The molecule has 2 rings (SSSR count). The first-order valence-electron chi connectivity index (χ1n) is 5.80. The Kier molecular flexibility index (Phi) is 3.54. The molecule has 0 aliphatic rings. The van der Waals surface area contributed by atoms with Crippen LogP contribution in [0.3, 0.4) is 0 Å². The molecule has 2 aromatic heterocycles. The Balaban J connectivity index is 2.34. The first-order valence-corrected chi connectivity index (χ1v) is 9.30. The lowest BCUT2D eigenvalue weighted by molar-refractivity contribution is 1.16. The van der Waals surface area contributed by atoms with Crippen LogP contribution >= 0.6 is 0 Å². The van der Waals surface area contributed by atoms with Gasteiger partial charge in [-0.2, -0.15) is 0 Å². The highest BCUT2D eigenvalue weighted by Crippen LogP contribution is 2.13. The molecule has 0 saturated heterocycles. The predicted octanol–water partition coefficient (Wildman–Crippen LogP) is 2.77. The van der Waals surface area contributed by atoms with Crippen molar-refractivity contribution in [3.8, 4) is 22.9 Å². The SMILES string of the molecule is C[Si](C)(C)C#Cc1cncc(-c2ncccn2)c1. The smallest absolute Gasteiger partial charge is 0.160 e. The molecule has 90 valence electrons. The summed E-state index contributed by atoms with van der Waals surface area (Å²) in [4.78, 5) is 12.6. The molecule has 4 heteroatoms. The Morgan fingerprint density at radius 3 is 2.44 bits per heavy atom. The minimum Gasteiger partial charge on any atom is -0.263 e. The third-order valence-corrected chi connectivity index (χ3v) is 3.02. The summed E-state index contributed by atoms with van der Waals surface area (Å²) >= 11 is 0. The van der Waals surface area contributed by atoms with E-state index in [2.05, 4.69) is 46.1 Å². The molecule has 2 heterocycles. The number of pyridine rings is 1. The van der Waals surface area contributed by atoms with E-state index in [9.17, 15) is 0 Å². The normalized spacial score (nSPS) is 10.6. The van der Waals surface area contributed by atoms with E-state index < -0.39 is 8.07 Å². The second-order valence-corrected chi connectivity index (χ2v) is 9.78. The van der Waals surface area contributed by atoms with E-state index in [0.29, 0.717) is 5.82 Å². The molecule has 0 aromatic carbocycles. The summed E-state index contributed by atoms with van der Waals surface area (Å²) in [6, 6.07) is 3.78. The van der Waals surface area contributed by atoms with Gasteiger partial charge < -0.3 is 0 Å². The molecular weight excluding hydrogens is 238 g/mol. The van der Waals surface area contributed by atoms with Crippen molar-refractivity contribution in [2.24, 2.45) is 0 Å². The Morgan fingerprint density at radius 2 is 1.78 bits per heavy atom. The van der Waals surface area contributed by atoms with Gasteiger partial charge in [-0.25, -0.2) is 9.97 Å². The molecule has 0 aliphatic carbocycles. The van der Waals surface area contributed by atoms with Gasteiger partial charge in [-0.3, -0.25) is 4.98 Å². The maximum absolute atomic E-state index is 4.21. The van der Waals surface area contributed by atoms with Gasteiger partial charge in [-0.15, -0.1) is 5.54 Å². The van der Waals surface area contributed by atoms with Crippen LogP contribution < -0.4 is 0 Å². The van der Waals surface area contributed by atoms with Crippen molar-refractivity contribution in [1.29, 1.82) is 0 Å². The zero-order valence-corrected chi connectivity index (χ0v) is 11.8. The van der Waals surface area contributed by atoms with Crippen molar-refractivity contribution in [2.75, 3.05) is 0 Å². The monoisotopic (exact) mass is 253 g/mol.